The molecule has 0 bridgehead atoms. The minimum Gasteiger partial charge on any atom is -0.392 e. The Balaban J connectivity index is 3.35. The summed E-state index contributed by atoms with van der Waals surface area (Å²) in [5.74, 6) is 0. The van der Waals surface area contributed by atoms with E-state index in [-0.39, 0.29) is 10.0 Å². The van der Waals surface area contributed by atoms with Gasteiger partial charge in [-0.25, -0.2) is 0 Å². The average Bonchev–Trinajstić information content (AvgIpc) is 2.07. The maximum atomic E-state index is 12.4. The van der Waals surface area contributed by atoms with Crippen LogP contribution in [-0.4, -0.2) is 5.11 Å². The van der Waals surface area contributed by atoms with E-state index >= 15 is 0 Å². The Morgan fingerprint density at radius 1 is 1.36 bits per heavy atom. The molecule has 1 nitrogen and oxygen atoms in total. The Morgan fingerprint density at radius 3 is 2.36 bits per heavy atom. The fourth-order valence-electron chi connectivity index (χ4n) is 0.943. The molecule has 78 valence electrons. The number of rotatable bonds is 1. The molecule has 0 aliphatic rings. The topological polar surface area (TPSA) is 20.2 Å². The molecule has 0 aliphatic carbocycles. The van der Waals surface area contributed by atoms with Crippen LogP contribution >= 0.6 is 27.5 Å². The molecular weight excluding hydrogens is 284 g/mol. The maximum Gasteiger partial charge on any atom is 0.417 e. The van der Waals surface area contributed by atoms with Gasteiger partial charge in [0, 0.05) is 4.47 Å². The predicted molar refractivity (Wildman–Crippen MR) is 50.1 cm³/mol. The largest absolute Gasteiger partial charge is 0.417 e. The fraction of sp³-hybridized carbons (Fsp3) is 0.250. The Kier molecular flexibility index (Phi) is 3.44. The number of benzene rings is 1. The fourth-order valence-corrected chi connectivity index (χ4v) is 1.67. The van der Waals surface area contributed by atoms with Crippen LogP contribution in [0.1, 0.15) is 11.1 Å². The highest BCUT2D eigenvalue weighted by molar-refractivity contribution is 9.10. The maximum absolute atomic E-state index is 12.4. The van der Waals surface area contributed by atoms with Gasteiger partial charge in [-0.3, -0.25) is 0 Å². The second-order valence-corrected chi connectivity index (χ2v) is 3.83. The van der Waals surface area contributed by atoms with Gasteiger partial charge in [0.1, 0.15) is 0 Å². The quantitative estimate of drug-likeness (QED) is 0.837. The zero-order valence-electron chi connectivity index (χ0n) is 6.70. The predicted octanol–water partition coefficient (Wildman–Crippen LogP) is 3.61. The molecular formula is C8H5BrClF3O. The van der Waals surface area contributed by atoms with Crippen molar-refractivity contribution in [3.8, 4) is 0 Å². The van der Waals surface area contributed by atoms with Crippen LogP contribution in [0.2, 0.25) is 5.02 Å². The normalized spacial score (nSPS) is 11.9. The number of alkyl halides is 3. The zero-order valence-corrected chi connectivity index (χ0v) is 9.04. The van der Waals surface area contributed by atoms with E-state index in [0.717, 1.165) is 6.07 Å². The molecule has 14 heavy (non-hydrogen) atoms. The summed E-state index contributed by atoms with van der Waals surface area (Å²) in [6.07, 6.45) is -4.51. The Bertz CT molecular complexity index is 351. The first-order valence-corrected chi connectivity index (χ1v) is 4.69. The van der Waals surface area contributed by atoms with Crippen molar-refractivity contribution in [2.24, 2.45) is 0 Å². The minimum absolute atomic E-state index is 0.123. The molecule has 0 aliphatic heterocycles. The molecule has 1 N–H and O–H groups in total. The van der Waals surface area contributed by atoms with Gasteiger partial charge in [0.25, 0.3) is 0 Å². The van der Waals surface area contributed by atoms with Gasteiger partial charge in [-0.2, -0.15) is 13.2 Å². The van der Waals surface area contributed by atoms with Crippen LogP contribution in [0.3, 0.4) is 0 Å². The number of halogens is 5. The van der Waals surface area contributed by atoms with E-state index in [9.17, 15) is 13.2 Å². The first kappa shape index (κ1) is 11.8. The molecule has 1 rings (SSSR count). The van der Waals surface area contributed by atoms with Crippen molar-refractivity contribution in [2.45, 2.75) is 12.8 Å². The minimum atomic E-state index is -4.51. The molecule has 0 aromatic heterocycles. The van der Waals surface area contributed by atoms with Crippen LogP contribution in [0.25, 0.3) is 0 Å². The van der Waals surface area contributed by atoms with Crippen molar-refractivity contribution in [3.63, 3.8) is 0 Å². The van der Waals surface area contributed by atoms with Crippen molar-refractivity contribution in [2.75, 3.05) is 0 Å². The summed E-state index contributed by atoms with van der Waals surface area (Å²) >= 11 is 8.35. The molecule has 0 saturated carbocycles. The number of aliphatic hydroxyl groups excluding tert-OH is 1. The van der Waals surface area contributed by atoms with Crippen LogP contribution in [0.4, 0.5) is 13.2 Å². The highest BCUT2D eigenvalue weighted by Crippen LogP contribution is 2.39. The van der Waals surface area contributed by atoms with Gasteiger partial charge in [-0.15, -0.1) is 0 Å². The molecule has 0 fully saturated rings. The van der Waals surface area contributed by atoms with Gasteiger partial charge < -0.3 is 5.11 Å². The lowest BCUT2D eigenvalue weighted by atomic mass is 10.1. The first-order chi connectivity index (χ1) is 6.36. The lowest BCUT2D eigenvalue weighted by Gasteiger charge is -2.11. The van der Waals surface area contributed by atoms with Crippen LogP contribution in [0.5, 0.6) is 0 Å². The smallest absolute Gasteiger partial charge is 0.392 e. The summed E-state index contributed by atoms with van der Waals surface area (Å²) in [5.41, 5.74) is -0.786. The van der Waals surface area contributed by atoms with Crippen molar-refractivity contribution in [3.05, 3.63) is 32.8 Å². The van der Waals surface area contributed by atoms with Crippen LogP contribution in [0.15, 0.2) is 16.6 Å². The van der Waals surface area contributed by atoms with Gasteiger partial charge in [0.15, 0.2) is 0 Å². The summed E-state index contributed by atoms with van der Waals surface area (Å²) in [7, 11) is 0. The number of hydrogen-bond donors (Lipinski definition) is 1. The van der Waals surface area contributed by atoms with E-state index in [1.807, 2.05) is 0 Å². The van der Waals surface area contributed by atoms with Gasteiger partial charge in [0.2, 0.25) is 0 Å². The van der Waals surface area contributed by atoms with Crippen LogP contribution in [-0.2, 0) is 12.8 Å². The Labute approximate surface area is 91.6 Å². The molecule has 0 amide bonds. The third-order valence-electron chi connectivity index (χ3n) is 1.58. The molecule has 0 unspecified atom stereocenters. The van der Waals surface area contributed by atoms with Crippen molar-refractivity contribution < 1.29 is 18.3 Å². The Morgan fingerprint density at radius 2 is 1.93 bits per heavy atom. The molecule has 1 aromatic rings. The van der Waals surface area contributed by atoms with Gasteiger partial charge in [0.05, 0.1) is 17.2 Å². The first-order valence-electron chi connectivity index (χ1n) is 3.52. The van der Waals surface area contributed by atoms with E-state index in [1.165, 1.54) is 6.07 Å². The van der Waals surface area contributed by atoms with E-state index in [4.69, 9.17) is 16.7 Å². The molecule has 0 radical (unpaired) electrons. The Hall–Kier alpha value is -0.260. The molecule has 0 saturated heterocycles. The molecule has 0 atom stereocenters. The third-order valence-corrected chi connectivity index (χ3v) is 2.84. The van der Waals surface area contributed by atoms with E-state index < -0.39 is 23.4 Å². The lowest BCUT2D eigenvalue weighted by Crippen LogP contribution is -2.07. The molecule has 6 heteroatoms. The molecule has 0 spiro atoms. The highest BCUT2D eigenvalue weighted by atomic mass is 79.9. The van der Waals surface area contributed by atoms with Crippen LogP contribution < -0.4 is 0 Å². The van der Waals surface area contributed by atoms with Crippen molar-refractivity contribution >= 4 is 27.5 Å². The van der Waals surface area contributed by atoms with Gasteiger partial charge in [-0.1, -0.05) is 11.6 Å². The van der Waals surface area contributed by atoms with Crippen molar-refractivity contribution in [1.82, 2.24) is 0 Å². The van der Waals surface area contributed by atoms with Crippen molar-refractivity contribution in [1.29, 1.82) is 0 Å². The van der Waals surface area contributed by atoms with E-state index in [2.05, 4.69) is 15.9 Å². The second kappa shape index (κ2) is 4.08. The van der Waals surface area contributed by atoms with Gasteiger partial charge >= 0.3 is 6.18 Å². The molecule has 1 aromatic carbocycles. The second-order valence-electron chi connectivity index (χ2n) is 2.60. The zero-order chi connectivity index (χ0) is 10.9. The summed E-state index contributed by atoms with van der Waals surface area (Å²) < 4.78 is 37.2. The third kappa shape index (κ3) is 2.40. The standard InChI is InChI=1S/C8H5BrClF3O/c9-6-2-4(3-14)1-5(7(6)10)8(11,12)13/h1-2,14H,3H2. The van der Waals surface area contributed by atoms with Crippen LogP contribution in [0, 0.1) is 0 Å². The monoisotopic (exact) mass is 288 g/mol. The van der Waals surface area contributed by atoms with E-state index in [0.29, 0.717) is 0 Å². The number of hydrogen-bond acceptors (Lipinski definition) is 1. The van der Waals surface area contributed by atoms with Gasteiger partial charge in [-0.05, 0) is 33.6 Å². The average molecular weight is 289 g/mol. The SMILES string of the molecule is OCc1cc(Br)c(Cl)c(C(F)(F)F)c1. The molecule has 0 heterocycles. The lowest BCUT2D eigenvalue weighted by molar-refractivity contribution is -0.137. The summed E-state index contributed by atoms with van der Waals surface area (Å²) in [6.45, 7) is -0.459. The summed E-state index contributed by atoms with van der Waals surface area (Å²) in [5, 5.41) is 8.32. The highest BCUT2D eigenvalue weighted by Gasteiger charge is 2.34. The number of aliphatic hydroxyl groups is 1. The summed E-state index contributed by atoms with van der Waals surface area (Å²) in [6, 6.07) is 2.17. The summed E-state index contributed by atoms with van der Waals surface area (Å²) in [4.78, 5) is 0. The van der Waals surface area contributed by atoms with E-state index in [1.54, 1.807) is 0 Å².